The Labute approximate surface area is 156 Å². The fourth-order valence-electron chi connectivity index (χ4n) is 3.00. The van der Waals surface area contributed by atoms with Crippen molar-refractivity contribution in [1.82, 2.24) is 0 Å². The van der Waals surface area contributed by atoms with Gasteiger partial charge in [0, 0.05) is 0 Å². The molecule has 0 radical (unpaired) electrons. The molecule has 2 fully saturated rings. The Morgan fingerprint density at radius 2 is 1.22 bits per heavy atom. The molecule has 11 nitrogen and oxygen atoms in total. The smallest absolute Gasteiger partial charge is 0.187 e. The molecule has 4 unspecified atom stereocenters. The van der Waals surface area contributed by atoms with Gasteiger partial charge in [-0.1, -0.05) is 0 Å². The lowest BCUT2D eigenvalue weighted by atomic mass is 9.97. The van der Waals surface area contributed by atoms with Crippen LogP contribution in [-0.4, -0.2) is 116 Å². The summed E-state index contributed by atoms with van der Waals surface area (Å²) in [5.74, 6) is 0. The molecule has 0 amide bonds. The fraction of sp³-hybridized carbons (Fsp3) is 1.00. The van der Waals surface area contributed by atoms with E-state index < -0.39 is 80.2 Å². The van der Waals surface area contributed by atoms with Gasteiger partial charge in [-0.15, -0.1) is 0 Å². The highest BCUT2D eigenvalue weighted by atomic mass is 16.7. The summed E-state index contributed by atoms with van der Waals surface area (Å²) in [4.78, 5) is 0. The van der Waals surface area contributed by atoms with Gasteiger partial charge in [-0.25, -0.2) is 0 Å². The van der Waals surface area contributed by atoms with Crippen molar-refractivity contribution in [2.24, 2.45) is 0 Å². The average Bonchev–Trinajstić information content (AvgIpc) is 2.60. The van der Waals surface area contributed by atoms with Gasteiger partial charge in [-0.2, -0.15) is 0 Å². The molecule has 2 aliphatic heterocycles. The highest BCUT2D eigenvalue weighted by Crippen LogP contribution is 2.30. The molecule has 0 spiro atoms. The summed E-state index contributed by atoms with van der Waals surface area (Å²) in [6.07, 6.45) is -14.5. The van der Waals surface area contributed by atoms with E-state index in [9.17, 15) is 35.7 Å². The standard InChI is InChI=1S/C16H30O11/c1-16(2,3)27-15-12(23)10(21)13(7(5-18)25-15)26-14-11(22)9(20)8(19)6(4-17)24-14/h6-15,17-23H,4-5H2,1-3H3/t6?,7?,8-,9-,10+,11?,12?,13+,14-,15-/m0/s1. The van der Waals surface area contributed by atoms with Gasteiger partial charge in [0.1, 0.15) is 48.8 Å². The summed E-state index contributed by atoms with van der Waals surface area (Å²) >= 11 is 0. The van der Waals surface area contributed by atoms with Gasteiger partial charge < -0.3 is 54.7 Å². The van der Waals surface area contributed by atoms with Crippen LogP contribution in [0.5, 0.6) is 0 Å². The number of aliphatic hydroxyl groups is 7. The van der Waals surface area contributed by atoms with Crippen molar-refractivity contribution in [3.8, 4) is 0 Å². The van der Waals surface area contributed by atoms with Crippen molar-refractivity contribution < 1.29 is 54.7 Å². The largest absolute Gasteiger partial charge is 0.394 e. The third-order valence-electron chi connectivity index (χ3n) is 4.43. The maximum absolute atomic E-state index is 10.4. The van der Waals surface area contributed by atoms with Crippen molar-refractivity contribution in [1.29, 1.82) is 0 Å². The van der Waals surface area contributed by atoms with Crippen LogP contribution in [0.25, 0.3) is 0 Å². The van der Waals surface area contributed by atoms with Crippen LogP contribution in [0.1, 0.15) is 20.8 Å². The summed E-state index contributed by atoms with van der Waals surface area (Å²) in [5.41, 5.74) is -0.698. The number of hydrogen-bond donors (Lipinski definition) is 7. The number of ether oxygens (including phenoxy) is 4. The van der Waals surface area contributed by atoms with Crippen molar-refractivity contribution in [3.05, 3.63) is 0 Å². The minimum absolute atomic E-state index is 0.601. The van der Waals surface area contributed by atoms with Gasteiger partial charge in [-0.3, -0.25) is 0 Å². The van der Waals surface area contributed by atoms with Crippen LogP contribution in [0.3, 0.4) is 0 Å². The molecular formula is C16H30O11. The van der Waals surface area contributed by atoms with Gasteiger partial charge in [0.05, 0.1) is 18.8 Å². The maximum atomic E-state index is 10.4. The lowest BCUT2D eigenvalue weighted by Gasteiger charge is -2.46. The molecule has 7 N–H and O–H groups in total. The molecule has 0 aromatic carbocycles. The van der Waals surface area contributed by atoms with E-state index in [0.717, 1.165) is 0 Å². The molecule has 2 aliphatic rings. The molecule has 10 atom stereocenters. The van der Waals surface area contributed by atoms with Gasteiger partial charge in [0.2, 0.25) is 0 Å². The summed E-state index contributed by atoms with van der Waals surface area (Å²) in [7, 11) is 0. The van der Waals surface area contributed by atoms with E-state index in [1.165, 1.54) is 0 Å². The molecule has 0 aromatic heterocycles. The molecule has 27 heavy (non-hydrogen) atoms. The molecule has 0 bridgehead atoms. The van der Waals surface area contributed by atoms with E-state index in [0.29, 0.717) is 0 Å². The lowest BCUT2D eigenvalue weighted by molar-refractivity contribution is -0.366. The third kappa shape index (κ3) is 5.14. The molecule has 0 aliphatic carbocycles. The van der Waals surface area contributed by atoms with Crippen molar-refractivity contribution in [2.75, 3.05) is 13.2 Å². The van der Waals surface area contributed by atoms with Crippen LogP contribution in [0.15, 0.2) is 0 Å². The summed E-state index contributed by atoms with van der Waals surface area (Å²) in [6.45, 7) is 3.91. The van der Waals surface area contributed by atoms with Crippen LogP contribution in [0.2, 0.25) is 0 Å². The number of rotatable bonds is 5. The number of aliphatic hydroxyl groups excluding tert-OH is 7. The molecule has 11 heteroatoms. The molecule has 0 aromatic rings. The van der Waals surface area contributed by atoms with Gasteiger partial charge in [0.15, 0.2) is 12.6 Å². The molecule has 2 saturated heterocycles. The average molecular weight is 398 g/mol. The molecular weight excluding hydrogens is 368 g/mol. The zero-order valence-electron chi connectivity index (χ0n) is 15.5. The van der Waals surface area contributed by atoms with Gasteiger partial charge >= 0.3 is 0 Å². The topological polar surface area (TPSA) is 179 Å². The minimum atomic E-state index is -1.70. The van der Waals surface area contributed by atoms with E-state index >= 15 is 0 Å². The third-order valence-corrected chi connectivity index (χ3v) is 4.43. The van der Waals surface area contributed by atoms with E-state index in [1.54, 1.807) is 20.8 Å². The Kier molecular flexibility index (Phi) is 7.55. The van der Waals surface area contributed by atoms with Crippen LogP contribution in [-0.2, 0) is 18.9 Å². The van der Waals surface area contributed by atoms with Crippen molar-refractivity contribution in [2.45, 2.75) is 87.8 Å². The van der Waals surface area contributed by atoms with E-state index in [4.69, 9.17) is 18.9 Å². The monoisotopic (exact) mass is 398 g/mol. The predicted octanol–water partition coefficient (Wildman–Crippen LogP) is -3.57. The zero-order valence-corrected chi connectivity index (χ0v) is 15.5. The first kappa shape index (κ1) is 22.8. The molecule has 2 heterocycles. The molecule has 160 valence electrons. The second-order valence-corrected chi connectivity index (χ2v) is 7.73. The lowest BCUT2D eigenvalue weighted by Crippen LogP contribution is -2.65. The summed E-state index contributed by atoms with van der Waals surface area (Å²) in [6, 6.07) is 0. The summed E-state index contributed by atoms with van der Waals surface area (Å²) < 4.78 is 21.7. The highest BCUT2D eigenvalue weighted by Gasteiger charge is 2.51. The van der Waals surface area contributed by atoms with E-state index in [1.807, 2.05) is 0 Å². The number of hydrogen-bond acceptors (Lipinski definition) is 11. The van der Waals surface area contributed by atoms with Gasteiger partial charge in [-0.05, 0) is 20.8 Å². The first-order valence-corrected chi connectivity index (χ1v) is 8.76. The van der Waals surface area contributed by atoms with Crippen LogP contribution in [0, 0.1) is 0 Å². The Morgan fingerprint density at radius 1 is 0.704 bits per heavy atom. The fourth-order valence-corrected chi connectivity index (χ4v) is 3.00. The second kappa shape index (κ2) is 8.93. The zero-order chi connectivity index (χ0) is 20.5. The SMILES string of the molecule is CC(C)(C)O[C@@H]1OC(CO)[C@@H](O[C@@H]2OC(CO)[C@H](O)[C@H](O)C2O)[C@H](O)C1O. The van der Waals surface area contributed by atoms with Crippen LogP contribution >= 0.6 is 0 Å². The normalized spacial score (nSPS) is 46.4. The van der Waals surface area contributed by atoms with E-state index in [-0.39, 0.29) is 0 Å². The quantitative estimate of drug-likeness (QED) is 0.243. The van der Waals surface area contributed by atoms with Crippen LogP contribution < -0.4 is 0 Å². The first-order valence-electron chi connectivity index (χ1n) is 8.76. The Balaban J connectivity index is 2.12. The van der Waals surface area contributed by atoms with Crippen molar-refractivity contribution >= 4 is 0 Å². The predicted molar refractivity (Wildman–Crippen MR) is 87.2 cm³/mol. The minimum Gasteiger partial charge on any atom is -0.394 e. The molecule has 0 saturated carbocycles. The van der Waals surface area contributed by atoms with Crippen LogP contribution in [0.4, 0.5) is 0 Å². The van der Waals surface area contributed by atoms with Gasteiger partial charge in [0.25, 0.3) is 0 Å². The Morgan fingerprint density at radius 3 is 1.74 bits per heavy atom. The van der Waals surface area contributed by atoms with Crippen molar-refractivity contribution in [3.63, 3.8) is 0 Å². The maximum Gasteiger partial charge on any atom is 0.187 e. The Bertz CT molecular complexity index is 466. The van der Waals surface area contributed by atoms with E-state index in [2.05, 4.69) is 0 Å². The Hall–Kier alpha value is -0.440. The second-order valence-electron chi connectivity index (χ2n) is 7.73. The highest BCUT2D eigenvalue weighted by molar-refractivity contribution is 4.94. The first-order chi connectivity index (χ1) is 12.5. The summed E-state index contributed by atoms with van der Waals surface area (Å²) in [5, 5.41) is 69.2. The molecule has 2 rings (SSSR count).